The molecule has 78 valence electrons. The predicted molar refractivity (Wildman–Crippen MR) is 55.0 cm³/mol. The van der Waals surface area contributed by atoms with Gasteiger partial charge in [-0.15, -0.1) is 11.6 Å². The number of alkyl halides is 1. The van der Waals surface area contributed by atoms with Gasteiger partial charge in [0.15, 0.2) is 5.78 Å². The average molecular weight is 216 g/mol. The number of amides is 1. The Kier molecular flexibility index (Phi) is 4.14. The first-order valence-corrected chi connectivity index (χ1v) is 5.27. The number of carbonyl (C=O) groups excluding carboxylic acids is 2. The number of allylic oxidation sites excluding steroid dienone is 2. The number of halogens is 1. The molecule has 14 heavy (non-hydrogen) atoms. The molecule has 1 amide bonds. The molecule has 0 saturated heterocycles. The number of hydrogen-bond acceptors (Lipinski definition) is 2. The Balaban J connectivity index is 2.78. The van der Waals surface area contributed by atoms with E-state index in [-0.39, 0.29) is 17.6 Å². The van der Waals surface area contributed by atoms with Crippen LogP contribution in [0.4, 0.5) is 0 Å². The van der Waals surface area contributed by atoms with E-state index in [9.17, 15) is 9.59 Å². The van der Waals surface area contributed by atoms with E-state index >= 15 is 0 Å². The van der Waals surface area contributed by atoms with Crippen LogP contribution in [-0.4, -0.2) is 17.6 Å². The molecule has 0 aromatic carbocycles. The molecule has 1 N–H and O–H groups in total. The van der Waals surface area contributed by atoms with Gasteiger partial charge in [-0.05, 0) is 32.6 Å². The van der Waals surface area contributed by atoms with Crippen LogP contribution in [0.3, 0.4) is 0 Å². The van der Waals surface area contributed by atoms with Crippen molar-refractivity contribution in [2.75, 3.05) is 5.88 Å². The fourth-order valence-electron chi connectivity index (χ4n) is 1.63. The second-order valence-electron chi connectivity index (χ2n) is 3.40. The molecule has 1 aliphatic rings. The molecule has 0 aromatic heterocycles. The van der Waals surface area contributed by atoms with E-state index in [0.717, 1.165) is 37.0 Å². The maximum absolute atomic E-state index is 11.2. The van der Waals surface area contributed by atoms with Gasteiger partial charge >= 0.3 is 0 Å². The SMILES string of the molecule is CC(=O)C1=C(NC(=O)CCl)CCCC1. The largest absolute Gasteiger partial charge is 0.328 e. The molecule has 0 bridgehead atoms. The molecule has 4 heteroatoms. The molecular formula is C10H14ClNO2. The zero-order chi connectivity index (χ0) is 10.6. The van der Waals surface area contributed by atoms with Crippen LogP contribution in [0.2, 0.25) is 0 Å². The number of carbonyl (C=O) groups is 2. The van der Waals surface area contributed by atoms with Crippen LogP contribution < -0.4 is 5.32 Å². The number of hydrogen-bond donors (Lipinski definition) is 1. The van der Waals surface area contributed by atoms with Crippen LogP contribution in [0.5, 0.6) is 0 Å². The van der Waals surface area contributed by atoms with Gasteiger partial charge in [0.1, 0.15) is 5.88 Å². The van der Waals surface area contributed by atoms with Gasteiger partial charge < -0.3 is 5.32 Å². The lowest BCUT2D eigenvalue weighted by Crippen LogP contribution is -2.27. The number of Topliss-reactive ketones (excluding diaryl/α,β-unsaturated/α-hetero) is 1. The van der Waals surface area contributed by atoms with Crippen LogP contribution in [0, 0.1) is 0 Å². The smallest absolute Gasteiger partial charge is 0.239 e. The highest BCUT2D eigenvalue weighted by Gasteiger charge is 2.17. The Hall–Kier alpha value is -0.830. The van der Waals surface area contributed by atoms with Gasteiger partial charge in [-0.25, -0.2) is 0 Å². The standard InChI is InChI=1S/C10H14ClNO2/c1-7(13)8-4-2-3-5-9(8)12-10(14)6-11/h2-6H2,1H3,(H,12,14). The first kappa shape index (κ1) is 11.2. The van der Waals surface area contributed by atoms with E-state index in [0.29, 0.717) is 0 Å². The van der Waals surface area contributed by atoms with Crippen molar-refractivity contribution in [3.63, 3.8) is 0 Å². The molecule has 0 radical (unpaired) electrons. The Labute approximate surface area is 88.5 Å². The number of ketones is 1. The summed E-state index contributed by atoms with van der Waals surface area (Å²) in [6, 6.07) is 0. The van der Waals surface area contributed by atoms with E-state index in [1.807, 2.05) is 0 Å². The van der Waals surface area contributed by atoms with E-state index in [4.69, 9.17) is 11.6 Å². The van der Waals surface area contributed by atoms with Crippen molar-refractivity contribution in [1.29, 1.82) is 0 Å². The van der Waals surface area contributed by atoms with Gasteiger partial charge in [-0.1, -0.05) is 0 Å². The first-order chi connectivity index (χ1) is 6.65. The minimum atomic E-state index is -0.234. The summed E-state index contributed by atoms with van der Waals surface area (Å²) in [4.78, 5) is 22.3. The molecule has 1 aliphatic carbocycles. The fourth-order valence-corrected chi connectivity index (χ4v) is 1.70. The Bertz CT molecular complexity index is 284. The van der Waals surface area contributed by atoms with Crippen molar-refractivity contribution in [3.05, 3.63) is 11.3 Å². The summed E-state index contributed by atoms with van der Waals surface area (Å²) in [5, 5.41) is 2.69. The Morgan fingerprint density at radius 3 is 2.57 bits per heavy atom. The first-order valence-electron chi connectivity index (χ1n) is 4.74. The quantitative estimate of drug-likeness (QED) is 0.730. The Morgan fingerprint density at radius 1 is 1.36 bits per heavy atom. The van der Waals surface area contributed by atoms with Gasteiger partial charge in [-0.2, -0.15) is 0 Å². The van der Waals surface area contributed by atoms with Crippen LogP contribution in [-0.2, 0) is 9.59 Å². The van der Waals surface area contributed by atoms with E-state index in [1.165, 1.54) is 6.92 Å². The van der Waals surface area contributed by atoms with E-state index in [1.54, 1.807) is 0 Å². The van der Waals surface area contributed by atoms with Crippen LogP contribution >= 0.6 is 11.6 Å². The summed E-state index contributed by atoms with van der Waals surface area (Å²) in [5.74, 6) is -0.244. The number of rotatable bonds is 3. The molecule has 0 fully saturated rings. The third-order valence-corrected chi connectivity index (χ3v) is 2.55. The van der Waals surface area contributed by atoms with Gasteiger partial charge in [-0.3, -0.25) is 9.59 Å². The van der Waals surface area contributed by atoms with E-state index < -0.39 is 0 Å². The van der Waals surface area contributed by atoms with Crippen molar-refractivity contribution in [2.24, 2.45) is 0 Å². The van der Waals surface area contributed by atoms with Crippen molar-refractivity contribution in [2.45, 2.75) is 32.6 Å². The monoisotopic (exact) mass is 215 g/mol. The molecule has 3 nitrogen and oxygen atoms in total. The van der Waals surface area contributed by atoms with Gasteiger partial charge in [0.2, 0.25) is 5.91 Å². The molecule has 0 spiro atoms. The lowest BCUT2D eigenvalue weighted by atomic mass is 9.94. The number of nitrogens with one attached hydrogen (secondary N) is 1. The summed E-state index contributed by atoms with van der Waals surface area (Å²) in [7, 11) is 0. The van der Waals surface area contributed by atoms with Crippen molar-refractivity contribution in [3.8, 4) is 0 Å². The highest BCUT2D eigenvalue weighted by atomic mass is 35.5. The minimum Gasteiger partial charge on any atom is -0.328 e. The van der Waals surface area contributed by atoms with Gasteiger partial charge in [0.05, 0.1) is 0 Å². The highest BCUT2D eigenvalue weighted by Crippen LogP contribution is 2.23. The summed E-state index contributed by atoms with van der Waals surface area (Å²) in [6.45, 7) is 1.54. The fraction of sp³-hybridized carbons (Fsp3) is 0.600. The molecule has 0 aromatic rings. The van der Waals surface area contributed by atoms with Crippen molar-refractivity contribution >= 4 is 23.3 Å². The minimum absolute atomic E-state index is 0.0505. The normalized spacial score (nSPS) is 16.7. The lowest BCUT2D eigenvalue weighted by molar-refractivity contribution is -0.118. The lowest BCUT2D eigenvalue weighted by Gasteiger charge is -2.18. The zero-order valence-corrected chi connectivity index (χ0v) is 8.99. The molecule has 0 heterocycles. The average Bonchev–Trinajstić information content (AvgIpc) is 2.18. The van der Waals surface area contributed by atoms with Crippen LogP contribution in [0.15, 0.2) is 11.3 Å². The summed E-state index contributed by atoms with van der Waals surface area (Å²) >= 11 is 5.38. The molecular weight excluding hydrogens is 202 g/mol. The van der Waals surface area contributed by atoms with E-state index in [2.05, 4.69) is 5.32 Å². The zero-order valence-electron chi connectivity index (χ0n) is 8.23. The second-order valence-corrected chi connectivity index (χ2v) is 3.67. The third-order valence-electron chi connectivity index (χ3n) is 2.30. The molecule has 1 rings (SSSR count). The molecule has 0 aliphatic heterocycles. The van der Waals surface area contributed by atoms with Crippen molar-refractivity contribution in [1.82, 2.24) is 5.32 Å². The van der Waals surface area contributed by atoms with Crippen LogP contribution in [0.1, 0.15) is 32.6 Å². The molecule has 0 unspecified atom stereocenters. The molecule has 0 saturated carbocycles. The maximum Gasteiger partial charge on any atom is 0.239 e. The molecule has 0 atom stereocenters. The van der Waals surface area contributed by atoms with Gasteiger partial charge in [0, 0.05) is 11.3 Å². The van der Waals surface area contributed by atoms with Crippen LogP contribution in [0.25, 0.3) is 0 Å². The predicted octanol–water partition coefficient (Wildman–Crippen LogP) is 1.76. The highest BCUT2D eigenvalue weighted by molar-refractivity contribution is 6.27. The maximum atomic E-state index is 11.2. The Morgan fingerprint density at radius 2 is 2.00 bits per heavy atom. The summed E-state index contributed by atoms with van der Waals surface area (Å²) in [5.41, 5.74) is 1.53. The second kappa shape index (κ2) is 5.15. The summed E-state index contributed by atoms with van der Waals surface area (Å²) in [6.07, 6.45) is 3.59. The summed E-state index contributed by atoms with van der Waals surface area (Å²) < 4.78 is 0. The van der Waals surface area contributed by atoms with Gasteiger partial charge in [0.25, 0.3) is 0 Å². The topological polar surface area (TPSA) is 46.2 Å². The third kappa shape index (κ3) is 2.84. The van der Waals surface area contributed by atoms with Crippen molar-refractivity contribution < 1.29 is 9.59 Å².